The molecule has 100 valence electrons. The summed E-state index contributed by atoms with van der Waals surface area (Å²) in [5, 5.41) is 4.73. The zero-order chi connectivity index (χ0) is 16.6. The maximum absolute atomic E-state index is 3.73. The SMILES string of the molecule is C=C(C#CS)C#CC#CC(=C)C#CC#CC(=C)C#CC#CS. The van der Waals surface area contributed by atoms with E-state index in [-0.39, 0.29) is 0 Å². The van der Waals surface area contributed by atoms with Gasteiger partial charge in [-0.3, -0.25) is 0 Å². The average Bonchev–Trinajstić information content (AvgIpc) is 2.49. The largest absolute Gasteiger partial charge is 0.0918 e. The Bertz CT molecular complexity index is 925. The number of thiol groups is 2. The van der Waals surface area contributed by atoms with E-state index in [0.29, 0.717) is 16.7 Å². The van der Waals surface area contributed by atoms with Crippen LogP contribution >= 0.6 is 25.3 Å². The lowest BCUT2D eigenvalue weighted by atomic mass is 10.3. The molecule has 0 aliphatic heterocycles. The topological polar surface area (TPSA) is 0 Å². The van der Waals surface area contributed by atoms with Gasteiger partial charge in [0, 0.05) is 0 Å². The smallest absolute Gasteiger partial charge is 0.0692 e. The van der Waals surface area contributed by atoms with Crippen molar-refractivity contribution in [3.63, 3.8) is 0 Å². The average molecular weight is 312 g/mol. The van der Waals surface area contributed by atoms with E-state index in [4.69, 9.17) is 0 Å². The Morgan fingerprint density at radius 2 is 0.773 bits per heavy atom. The summed E-state index contributed by atoms with van der Waals surface area (Å²) in [4.78, 5) is 0. The van der Waals surface area contributed by atoms with Gasteiger partial charge in [-0.05, 0) is 81.6 Å². The second kappa shape index (κ2) is 12.9. The van der Waals surface area contributed by atoms with E-state index in [0.717, 1.165) is 0 Å². The maximum Gasteiger partial charge on any atom is 0.0692 e. The lowest BCUT2D eigenvalue weighted by Crippen LogP contribution is -1.69. The second-order valence-electron chi connectivity index (χ2n) is 3.16. The molecule has 0 aliphatic carbocycles. The first-order chi connectivity index (χ1) is 10.6. The fourth-order valence-corrected chi connectivity index (χ4v) is 0.914. The first-order valence-electron chi connectivity index (χ1n) is 5.51. The third-order valence-electron chi connectivity index (χ3n) is 1.52. The standard InChI is InChI=1S/C20H8S2/c1-18(11-6-7-13-20(3)15-17-22)10-4-5-12-19(2)14-8-9-16-21/h21-22H,1-3H2. The highest BCUT2D eigenvalue weighted by molar-refractivity contribution is 7.85. The van der Waals surface area contributed by atoms with Crippen LogP contribution in [0.15, 0.2) is 36.5 Å². The zero-order valence-corrected chi connectivity index (χ0v) is 13.3. The maximum atomic E-state index is 3.73. The summed E-state index contributed by atoms with van der Waals surface area (Å²) >= 11 is 7.42. The Morgan fingerprint density at radius 1 is 0.455 bits per heavy atom. The summed E-state index contributed by atoms with van der Waals surface area (Å²) in [6.45, 7) is 10.9. The third kappa shape index (κ3) is 11.9. The van der Waals surface area contributed by atoms with Crippen molar-refractivity contribution in [1.29, 1.82) is 0 Å². The molecule has 0 fully saturated rings. The van der Waals surface area contributed by atoms with Crippen LogP contribution in [0.2, 0.25) is 0 Å². The third-order valence-corrected chi connectivity index (χ3v) is 1.74. The second-order valence-corrected chi connectivity index (χ2v) is 3.61. The minimum absolute atomic E-state index is 0.395. The van der Waals surface area contributed by atoms with Gasteiger partial charge in [0.15, 0.2) is 0 Å². The van der Waals surface area contributed by atoms with Crippen molar-refractivity contribution in [1.82, 2.24) is 0 Å². The summed E-state index contributed by atoms with van der Waals surface area (Å²) in [5.41, 5.74) is 1.25. The van der Waals surface area contributed by atoms with Crippen LogP contribution in [0.4, 0.5) is 0 Å². The Labute approximate surface area is 143 Å². The van der Waals surface area contributed by atoms with Crippen molar-refractivity contribution in [2.24, 2.45) is 0 Å². The predicted molar refractivity (Wildman–Crippen MR) is 99.8 cm³/mol. The molecule has 0 aromatic carbocycles. The number of allylic oxidation sites excluding steroid dienone is 3. The van der Waals surface area contributed by atoms with Gasteiger partial charge in [0.25, 0.3) is 0 Å². The molecule has 0 aromatic heterocycles. The summed E-state index contributed by atoms with van der Waals surface area (Å²) in [6.07, 6.45) is 0. The van der Waals surface area contributed by atoms with Gasteiger partial charge in [0.2, 0.25) is 0 Å². The Balaban J connectivity index is 4.64. The molecule has 22 heavy (non-hydrogen) atoms. The molecule has 0 radical (unpaired) electrons. The van der Waals surface area contributed by atoms with E-state index in [9.17, 15) is 0 Å². The molecule has 2 heteroatoms. The van der Waals surface area contributed by atoms with Gasteiger partial charge in [-0.1, -0.05) is 45.0 Å². The first kappa shape index (κ1) is 18.8. The minimum atomic E-state index is 0.395. The van der Waals surface area contributed by atoms with Crippen LogP contribution in [-0.4, -0.2) is 0 Å². The molecule has 0 bridgehead atoms. The van der Waals surface area contributed by atoms with Crippen LogP contribution in [0.3, 0.4) is 0 Å². The fourth-order valence-electron chi connectivity index (χ4n) is 0.723. The molecular weight excluding hydrogens is 304 g/mol. The molecule has 0 amide bonds. The highest BCUT2D eigenvalue weighted by Crippen LogP contribution is 1.85. The molecular formula is C20H8S2. The monoisotopic (exact) mass is 312 g/mol. The van der Waals surface area contributed by atoms with Crippen LogP contribution in [0.5, 0.6) is 0 Å². The fraction of sp³-hybridized carbons (Fsp3) is 0. The van der Waals surface area contributed by atoms with Crippen molar-refractivity contribution >= 4 is 25.3 Å². The molecule has 0 N–H and O–H groups in total. The zero-order valence-electron chi connectivity index (χ0n) is 11.5. The van der Waals surface area contributed by atoms with Gasteiger partial charge in [-0.15, -0.1) is 0 Å². The van der Waals surface area contributed by atoms with Crippen LogP contribution in [0, 0.1) is 81.6 Å². The molecule has 0 saturated heterocycles. The molecule has 0 heterocycles. The summed E-state index contributed by atoms with van der Waals surface area (Å²) in [6, 6.07) is 0. The molecule has 0 saturated carbocycles. The van der Waals surface area contributed by atoms with Gasteiger partial charge in [0.1, 0.15) is 0 Å². The predicted octanol–water partition coefficient (Wildman–Crippen LogP) is 2.45. The van der Waals surface area contributed by atoms with Gasteiger partial charge in [-0.2, -0.15) is 0 Å². The quantitative estimate of drug-likeness (QED) is 0.498. The van der Waals surface area contributed by atoms with E-state index in [1.807, 2.05) is 0 Å². The molecule has 0 aromatic rings. The van der Waals surface area contributed by atoms with Crippen molar-refractivity contribution in [3.8, 4) is 81.6 Å². The van der Waals surface area contributed by atoms with Crippen LogP contribution in [0.25, 0.3) is 0 Å². The van der Waals surface area contributed by atoms with Crippen LogP contribution in [0.1, 0.15) is 0 Å². The van der Waals surface area contributed by atoms with Gasteiger partial charge in [-0.25, -0.2) is 0 Å². The Kier molecular flexibility index (Phi) is 11.0. The van der Waals surface area contributed by atoms with Gasteiger partial charge >= 0.3 is 0 Å². The minimum Gasteiger partial charge on any atom is -0.0918 e. The molecule has 0 atom stereocenters. The number of rotatable bonds is 0. The Morgan fingerprint density at radius 3 is 1.09 bits per heavy atom. The normalized spacial score (nSPS) is 5.55. The van der Waals surface area contributed by atoms with Crippen LogP contribution < -0.4 is 0 Å². The Hall–Kier alpha value is -3.16. The van der Waals surface area contributed by atoms with Gasteiger partial charge in [0.05, 0.1) is 16.7 Å². The first-order valence-corrected chi connectivity index (χ1v) is 6.40. The van der Waals surface area contributed by atoms with Crippen molar-refractivity contribution in [2.45, 2.75) is 0 Å². The lowest BCUT2D eigenvalue weighted by Gasteiger charge is -1.76. The summed E-state index contributed by atoms with van der Waals surface area (Å²) in [5.74, 6) is 31.2. The van der Waals surface area contributed by atoms with E-state index < -0.39 is 0 Å². The van der Waals surface area contributed by atoms with E-state index >= 15 is 0 Å². The number of hydrogen-bond donors (Lipinski definition) is 2. The number of hydrogen-bond acceptors (Lipinski definition) is 2. The summed E-state index contributed by atoms with van der Waals surface area (Å²) < 4.78 is 0. The summed E-state index contributed by atoms with van der Waals surface area (Å²) in [7, 11) is 0. The van der Waals surface area contributed by atoms with Gasteiger partial charge < -0.3 is 0 Å². The van der Waals surface area contributed by atoms with Crippen LogP contribution in [-0.2, 0) is 0 Å². The molecule has 0 aliphatic rings. The van der Waals surface area contributed by atoms with E-state index in [2.05, 4.69) is 127 Å². The van der Waals surface area contributed by atoms with E-state index in [1.54, 1.807) is 0 Å². The lowest BCUT2D eigenvalue weighted by molar-refractivity contribution is 1.95. The van der Waals surface area contributed by atoms with Crippen molar-refractivity contribution < 1.29 is 0 Å². The highest BCUT2D eigenvalue weighted by atomic mass is 32.1. The highest BCUT2D eigenvalue weighted by Gasteiger charge is 1.77. The van der Waals surface area contributed by atoms with Crippen molar-refractivity contribution in [3.05, 3.63) is 36.5 Å². The molecule has 0 nitrogen and oxygen atoms in total. The molecule has 0 rings (SSSR count). The molecule has 0 spiro atoms. The molecule has 0 unspecified atom stereocenters. The van der Waals surface area contributed by atoms with E-state index in [1.165, 1.54) is 0 Å². The van der Waals surface area contributed by atoms with Crippen molar-refractivity contribution in [2.75, 3.05) is 0 Å².